The van der Waals surface area contributed by atoms with Gasteiger partial charge in [0.05, 0.1) is 18.0 Å². The highest BCUT2D eigenvalue weighted by Crippen LogP contribution is 2.58. The zero-order valence-electron chi connectivity index (χ0n) is 18.4. The third-order valence-electron chi connectivity index (χ3n) is 5.82. The van der Waals surface area contributed by atoms with Gasteiger partial charge in [-0.1, -0.05) is 12.1 Å². The first-order chi connectivity index (χ1) is 14.7. The lowest BCUT2D eigenvalue weighted by atomic mass is 9.93. The second-order valence-electron chi connectivity index (χ2n) is 9.38. The topological polar surface area (TPSA) is 102 Å². The van der Waals surface area contributed by atoms with E-state index < -0.39 is 11.7 Å². The van der Waals surface area contributed by atoms with Crippen LogP contribution >= 0.6 is 0 Å². The molecule has 3 heterocycles. The second kappa shape index (κ2) is 8.42. The minimum Gasteiger partial charge on any atom is -0.444 e. The molecule has 2 atom stereocenters. The van der Waals surface area contributed by atoms with Gasteiger partial charge in [-0.15, -0.1) is 0 Å². The zero-order chi connectivity index (χ0) is 22.1. The van der Waals surface area contributed by atoms with E-state index in [2.05, 4.69) is 21.7 Å². The molecule has 2 unspecified atom stereocenters. The van der Waals surface area contributed by atoms with Crippen molar-refractivity contribution in [3.8, 4) is 0 Å². The number of aliphatic imine (C=N–C) groups is 1. The third-order valence-corrected chi connectivity index (χ3v) is 5.82. The molecule has 2 aliphatic heterocycles. The third kappa shape index (κ3) is 5.12. The summed E-state index contributed by atoms with van der Waals surface area (Å²) in [5, 5.41) is 5.24. The SMILES string of the molecule is CC(C)(C)OC(=O)NCC(=O)NC1=NC(c2cccc(C34CCOCC3C4)n2)=CCC1. The maximum Gasteiger partial charge on any atom is 0.408 e. The number of amidine groups is 1. The van der Waals surface area contributed by atoms with E-state index in [0.717, 1.165) is 49.6 Å². The molecule has 3 aliphatic rings. The van der Waals surface area contributed by atoms with Crippen molar-refractivity contribution in [2.24, 2.45) is 10.9 Å². The second-order valence-corrected chi connectivity index (χ2v) is 9.38. The Balaban J connectivity index is 1.37. The van der Waals surface area contributed by atoms with E-state index >= 15 is 0 Å². The van der Waals surface area contributed by atoms with E-state index in [1.165, 1.54) is 0 Å². The van der Waals surface area contributed by atoms with Gasteiger partial charge in [-0.3, -0.25) is 9.78 Å². The number of ether oxygens (including phenoxy) is 2. The number of amides is 2. The molecule has 8 nitrogen and oxygen atoms in total. The molecule has 166 valence electrons. The molecule has 31 heavy (non-hydrogen) atoms. The number of hydrogen-bond acceptors (Lipinski definition) is 6. The fraction of sp³-hybridized carbons (Fsp3) is 0.565. The summed E-state index contributed by atoms with van der Waals surface area (Å²) in [6.45, 7) is 6.74. The summed E-state index contributed by atoms with van der Waals surface area (Å²) in [7, 11) is 0. The van der Waals surface area contributed by atoms with Crippen molar-refractivity contribution in [2.45, 2.75) is 57.5 Å². The fourth-order valence-electron chi connectivity index (χ4n) is 4.20. The summed E-state index contributed by atoms with van der Waals surface area (Å²) in [6.07, 6.45) is 4.97. The molecule has 2 N–H and O–H groups in total. The Labute approximate surface area is 182 Å². The quantitative estimate of drug-likeness (QED) is 0.771. The molecule has 1 aromatic rings. The van der Waals surface area contributed by atoms with Crippen LogP contribution in [-0.2, 0) is 19.7 Å². The lowest BCUT2D eigenvalue weighted by Crippen LogP contribution is -2.41. The highest BCUT2D eigenvalue weighted by molar-refractivity contribution is 6.02. The smallest absolute Gasteiger partial charge is 0.408 e. The van der Waals surface area contributed by atoms with Crippen LogP contribution in [0.25, 0.3) is 5.70 Å². The number of alkyl carbamates (subject to hydrolysis) is 1. The van der Waals surface area contributed by atoms with Crippen LogP contribution in [0.15, 0.2) is 29.3 Å². The number of pyridine rings is 1. The Morgan fingerprint density at radius 3 is 2.94 bits per heavy atom. The van der Waals surface area contributed by atoms with Crippen molar-refractivity contribution < 1.29 is 19.1 Å². The molecule has 2 amide bonds. The molecule has 2 fully saturated rings. The molecule has 1 saturated carbocycles. The lowest BCUT2D eigenvalue weighted by Gasteiger charge is -2.22. The molecule has 0 radical (unpaired) electrons. The first-order valence-electron chi connectivity index (χ1n) is 10.9. The average molecular weight is 427 g/mol. The van der Waals surface area contributed by atoms with Crippen molar-refractivity contribution >= 4 is 23.5 Å². The van der Waals surface area contributed by atoms with Gasteiger partial charge in [0.25, 0.3) is 0 Å². The van der Waals surface area contributed by atoms with Crippen LogP contribution in [0.5, 0.6) is 0 Å². The van der Waals surface area contributed by atoms with Crippen LogP contribution in [0, 0.1) is 5.92 Å². The minimum absolute atomic E-state index is 0.164. The summed E-state index contributed by atoms with van der Waals surface area (Å²) < 4.78 is 10.7. The fourth-order valence-corrected chi connectivity index (χ4v) is 4.20. The van der Waals surface area contributed by atoms with Crippen LogP contribution in [0.2, 0.25) is 0 Å². The van der Waals surface area contributed by atoms with E-state index in [0.29, 0.717) is 18.2 Å². The van der Waals surface area contributed by atoms with Gasteiger partial charge < -0.3 is 20.1 Å². The Bertz CT molecular complexity index is 934. The van der Waals surface area contributed by atoms with Crippen molar-refractivity contribution in [2.75, 3.05) is 19.8 Å². The summed E-state index contributed by atoms with van der Waals surface area (Å²) >= 11 is 0. The number of allylic oxidation sites excluding steroid dienone is 1. The first kappa shape index (κ1) is 21.5. The van der Waals surface area contributed by atoms with Gasteiger partial charge in [0.1, 0.15) is 18.0 Å². The molecular weight excluding hydrogens is 396 g/mol. The van der Waals surface area contributed by atoms with Crippen molar-refractivity contribution in [1.29, 1.82) is 0 Å². The van der Waals surface area contributed by atoms with Gasteiger partial charge in [0.2, 0.25) is 5.91 Å². The normalized spacial score (nSPS) is 24.9. The highest BCUT2D eigenvalue weighted by Gasteiger charge is 2.57. The number of rotatable bonds is 4. The van der Waals surface area contributed by atoms with Crippen molar-refractivity contribution in [3.05, 3.63) is 35.7 Å². The summed E-state index contributed by atoms with van der Waals surface area (Å²) in [5.74, 6) is 0.809. The Kier molecular flexibility index (Phi) is 5.83. The molecule has 1 saturated heterocycles. The highest BCUT2D eigenvalue weighted by atomic mass is 16.6. The van der Waals surface area contributed by atoms with Gasteiger partial charge in [-0.05, 0) is 58.1 Å². The summed E-state index contributed by atoms with van der Waals surface area (Å²) in [6, 6.07) is 6.10. The van der Waals surface area contributed by atoms with Gasteiger partial charge in [0.15, 0.2) is 0 Å². The summed E-state index contributed by atoms with van der Waals surface area (Å²) in [4.78, 5) is 33.5. The van der Waals surface area contributed by atoms with Gasteiger partial charge in [-0.2, -0.15) is 0 Å². The van der Waals surface area contributed by atoms with Crippen LogP contribution < -0.4 is 10.6 Å². The Morgan fingerprint density at radius 1 is 1.32 bits per heavy atom. The molecule has 4 rings (SSSR count). The first-order valence-corrected chi connectivity index (χ1v) is 10.9. The predicted octanol–water partition coefficient (Wildman–Crippen LogP) is 2.93. The van der Waals surface area contributed by atoms with E-state index in [1.54, 1.807) is 20.8 Å². The van der Waals surface area contributed by atoms with Crippen LogP contribution in [0.3, 0.4) is 0 Å². The molecule has 0 aromatic carbocycles. The number of nitrogens with zero attached hydrogens (tertiary/aromatic N) is 2. The molecule has 1 aliphatic carbocycles. The molecule has 8 heteroatoms. The molecule has 0 bridgehead atoms. The number of nitrogens with one attached hydrogen (secondary N) is 2. The number of hydrogen-bond donors (Lipinski definition) is 2. The van der Waals surface area contributed by atoms with E-state index in [-0.39, 0.29) is 17.9 Å². The van der Waals surface area contributed by atoms with Gasteiger partial charge in [0, 0.05) is 24.1 Å². The minimum atomic E-state index is -0.624. The van der Waals surface area contributed by atoms with E-state index in [4.69, 9.17) is 14.5 Å². The maximum atomic E-state index is 12.2. The molecule has 1 aromatic heterocycles. The predicted molar refractivity (Wildman–Crippen MR) is 116 cm³/mol. The van der Waals surface area contributed by atoms with E-state index in [1.807, 2.05) is 18.2 Å². The monoisotopic (exact) mass is 426 g/mol. The Morgan fingerprint density at radius 2 is 2.16 bits per heavy atom. The zero-order valence-corrected chi connectivity index (χ0v) is 18.4. The van der Waals surface area contributed by atoms with Gasteiger partial charge >= 0.3 is 6.09 Å². The lowest BCUT2D eigenvalue weighted by molar-refractivity contribution is -0.118. The number of carbonyl (C=O) groups is 2. The molecule has 0 spiro atoms. The van der Waals surface area contributed by atoms with Gasteiger partial charge in [-0.25, -0.2) is 9.79 Å². The standard InChI is InChI=1S/C23H30N4O4/c1-22(2,3)31-21(29)24-13-20(28)27-19-9-5-7-17(26-19)16-6-4-8-18(25-16)23-10-11-30-14-15(23)12-23/h4,6-8,15H,5,9-14H2,1-3H3,(H,24,29)(H,26,27,28). The van der Waals surface area contributed by atoms with Crippen LogP contribution in [0.1, 0.15) is 57.8 Å². The summed E-state index contributed by atoms with van der Waals surface area (Å²) in [5.41, 5.74) is 2.26. The van der Waals surface area contributed by atoms with Crippen molar-refractivity contribution in [1.82, 2.24) is 15.6 Å². The number of carbonyl (C=O) groups excluding carboxylic acids is 2. The van der Waals surface area contributed by atoms with E-state index in [9.17, 15) is 9.59 Å². The maximum absolute atomic E-state index is 12.2. The molecular formula is C23H30N4O4. The van der Waals surface area contributed by atoms with Crippen LogP contribution in [0.4, 0.5) is 4.79 Å². The number of aromatic nitrogens is 1. The average Bonchev–Trinajstić information content (AvgIpc) is 3.48. The Hall–Kier alpha value is -2.74. The van der Waals surface area contributed by atoms with Crippen molar-refractivity contribution in [3.63, 3.8) is 0 Å². The van der Waals surface area contributed by atoms with Crippen LogP contribution in [-0.4, -0.2) is 48.2 Å². The largest absolute Gasteiger partial charge is 0.444 e. The number of fused-ring (bicyclic) bond motifs is 1.